The van der Waals surface area contributed by atoms with E-state index < -0.39 is 10.0 Å². The number of rotatable bonds is 5. The van der Waals surface area contributed by atoms with Crippen molar-refractivity contribution in [3.05, 3.63) is 58.6 Å². The molecule has 0 unspecified atom stereocenters. The molecular formula is C17H17ClN2O3S. The maximum Gasteiger partial charge on any atom is 0.240 e. The molecule has 0 saturated heterocycles. The Labute approximate surface area is 146 Å². The van der Waals surface area contributed by atoms with Crippen LogP contribution in [0.25, 0.3) is 0 Å². The second-order valence-corrected chi connectivity index (χ2v) is 7.94. The van der Waals surface area contributed by atoms with E-state index in [1.54, 1.807) is 25.1 Å². The second kappa shape index (κ2) is 6.55. The lowest BCUT2D eigenvalue weighted by atomic mass is 10.0. The number of hydrogen-bond acceptors (Lipinski definition) is 3. The van der Waals surface area contributed by atoms with Crippen LogP contribution in [0.4, 0.5) is 5.69 Å². The van der Waals surface area contributed by atoms with E-state index in [1.165, 1.54) is 6.07 Å². The maximum atomic E-state index is 12.4. The van der Waals surface area contributed by atoms with Crippen LogP contribution >= 0.6 is 11.6 Å². The van der Waals surface area contributed by atoms with E-state index in [-0.39, 0.29) is 23.3 Å². The summed E-state index contributed by atoms with van der Waals surface area (Å²) >= 11 is 5.92. The number of carbonyl (C=O) groups is 1. The summed E-state index contributed by atoms with van der Waals surface area (Å²) in [5, 5.41) is 3.35. The van der Waals surface area contributed by atoms with Gasteiger partial charge >= 0.3 is 0 Å². The summed E-state index contributed by atoms with van der Waals surface area (Å²) in [6.45, 7) is 2.02. The number of carbonyl (C=O) groups excluding carboxylic acids is 1. The van der Waals surface area contributed by atoms with Gasteiger partial charge in [-0.3, -0.25) is 4.79 Å². The van der Waals surface area contributed by atoms with Crippen molar-refractivity contribution in [3.63, 3.8) is 0 Å². The molecule has 0 bridgehead atoms. The Balaban J connectivity index is 1.71. The third-order valence-corrected chi connectivity index (χ3v) is 5.74. The molecule has 24 heavy (non-hydrogen) atoms. The average molecular weight is 365 g/mol. The molecule has 2 aromatic carbocycles. The normalized spacial score (nSPS) is 16.8. The lowest BCUT2D eigenvalue weighted by Crippen LogP contribution is -2.26. The number of nitrogens with one attached hydrogen (secondary N) is 2. The van der Waals surface area contributed by atoms with Crippen LogP contribution in [0.2, 0.25) is 5.02 Å². The van der Waals surface area contributed by atoms with E-state index in [1.807, 2.05) is 18.2 Å². The van der Waals surface area contributed by atoms with Crippen molar-refractivity contribution in [2.24, 2.45) is 0 Å². The molecule has 2 aromatic rings. The van der Waals surface area contributed by atoms with Crippen LogP contribution in [0.3, 0.4) is 0 Å². The van der Waals surface area contributed by atoms with Gasteiger partial charge < -0.3 is 5.32 Å². The number of sulfonamides is 1. The summed E-state index contributed by atoms with van der Waals surface area (Å²) in [6, 6.07) is 12.0. The van der Waals surface area contributed by atoms with Crippen molar-refractivity contribution in [1.29, 1.82) is 0 Å². The molecule has 1 atom stereocenters. The van der Waals surface area contributed by atoms with Crippen molar-refractivity contribution < 1.29 is 13.2 Å². The summed E-state index contributed by atoms with van der Waals surface area (Å²) in [5.41, 5.74) is 2.34. The van der Waals surface area contributed by atoms with E-state index >= 15 is 0 Å². The molecule has 1 aliphatic heterocycles. The molecule has 0 aromatic heterocycles. The van der Waals surface area contributed by atoms with Crippen LogP contribution in [0.5, 0.6) is 0 Å². The van der Waals surface area contributed by atoms with E-state index in [2.05, 4.69) is 10.0 Å². The fourth-order valence-corrected chi connectivity index (χ4v) is 3.95. The maximum absolute atomic E-state index is 12.4. The number of hydrogen-bond donors (Lipinski definition) is 2. The number of anilines is 1. The van der Waals surface area contributed by atoms with Gasteiger partial charge in [0.15, 0.2) is 0 Å². The average Bonchev–Trinajstić information content (AvgIpc) is 2.82. The zero-order valence-electron chi connectivity index (χ0n) is 13.0. The van der Waals surface area contributed by atoms with E-state index in [0.717, 1.165) is 5.56 Å². The van der Waals surface area contributed by atoms with E-state index in [0.29, 0.717) is 22.7 Å². The quantitative estimate of drug-likeness (QED) is 0.856. The molecule has 126 valence electrons. The molecule has 2 N–H and O–H groups in total. The van der Waals surface area contributed by atoms with Gasteiger partial charge in [-0.05, 0) is 54.8 Å². The van der Waals surface area contributed by atoms with Gasteiger partial charge in [0.05, 0.1) is 10.8 Å². The predicted octanol–water partition coefficient (Wildman–Crippen LogP) is 2.92. The van der Waals surface area contributed by atoms with Crippen molar-refractivity contribution in [3.8, 4) is 0 Å². The van der Waals surface area contributed by atoms with Gasteiger partial charge in [-0.25, -0.2) is 13.1 Å². The van der Waals surface area contributed by atoms with Gasteiger partial charge in [-0.2, -0.15) is 0 Å². The fourth-order valence-electron chi connectivity index (χ4n) is 2.67. The van der Waals surface area contributed by atoms with Crippen molar-refractivity contribution in [2.45, 2.75) is 24.2 Å². The van der Waals surface area contributed by atoms with Gasteiger partial charge in [0.2, 0.25) is 15.9 Å². The molecule has 1 aliphatic rings. The Kier molecular flexibility index (Phi) is 4.62. The molecule has 3 rings (SSSR count). The van der Waals surface area contributed by atoms with Gasteiger partial charge in [0.25, 0.3) is 0 Å². The highest BCUT2D eigenvalue weighted by Crippen LogP contribution is 2.33. The first-order valence-electron chi connectivity index (χ1n) is 7.56. The highest BCUT2D eigenvalue weighted by Gasteiger charge is 2.28. The number of amides is 1. The number of benzene rings is 2. The molecule has 0 radical (unpaired) electrons. The minimum atomic E-state index is -3.63. The summed E-state index contributed by atoms with van der Waals surface area (Å²) in [4.78, 5) is 11.8. The van der Waals surface area contributed by atoms with Crippen LogP contribution in [0.15, 0.2) is 47.4 Å². The van der Waals surface area contributed by atoms with E-state index in [9.17, 15) is 13.2 Å². The summed E-state index contributed by atoms with van der Waals surface area (Å²) < 4.78 is 27.5. The van der Waals surface area contributed by atoms with Crippen molar-refractivity contribution in [2.75, 3.05) is 11.9 Å². The minimum absolute atomic E-state index is 0.117. The van der Waals surface area contributed by atoms with Gasteiger partial charge in [0.1, 0.15) is 0 Å². The molecule has 1 heterocycles. The Morgan fingerprint density at radius 2 is 2.00 bits per heavy atom. The van der Waals surface area contributed by atoms with Crippen molar-refractivity contribution >= 4 is 33.2 Å². The Morgan fingerprint density at radius 1 is 1.21 bits per heavy atom. The predicted molar refractivity (Wildman–Crippen MR) is 93.8 cm³/mol. The lowest BCUT2D eigenvalue weighted by Gasteiger charge is -2.09. The fraction of sp³-hybridized carbons (Fsp3) is 0.235. The highest BCUT2D eigenvalue weighted by molar-refractivity contribution is 7.89. The first-order chi connectivity index (χ1) is 11.4. The number of fused-ring (bicyclic) bond motifs is 1. The van der Waals surface area contributed by atoms with Crippen LogP contribution in [-0.4, -0.2) is 20.9 Å². The Morgan fingerprint density at radius 3 is 2.75 bits per heavy atom. The van der Waals surface area contributed by atoms with Crippen molar-refractivity contribution in [1.82, 2.24) is 4.72 Å². The summed E-state index contributed by atoms with van der Waals surface area (Å²) in [5.74, 6) is -0.463. The van der Waals surface area contributed by atoms with Crippen LogP contribution in [0, 0.1) is 0 Å². The third kappa shape index (κ3) is 3.45. The molecular weight excluding hydrogens is 348 g/mol. The van der Waals surface area contributed by atoms with E-state index in [4.69, 9.17) is 11.6 Å². The molecule has 5 nitrogen and oxygen atoms in total. The summed E-state index contributed by atoms with van der Waals surface area (Å²) in [6.07, 6.45) is 0.543. The lowest BCUT2D eigenvalue weighted by molar-refractivity contribution is -0.116. The standard InChI is InChI=1S/C17H17ClN2O3S/c1-11-15-10-14(5-6-16(15)20-17(11)21)24(22,23)19-8-7-12-3-2-4-13(18)9-12/h2-6,9-11,19H,7-8H2,1H3,(H,20,21)/t11-/m1/s1. The largest absolute Gasteiger partial charge is 0.325 e. The zero-order chi connectivity index (χ0) is 17.3. The monoisotopic (exact) mass is 364 g/mol. The molecule has 0 aliphatic carbocycles. The summed E-state index contributed by atoms with van der Waals surface area (Å²) in [7, 11) is -3.63. The second-order valence-electron chi connectivity index (χ2n) is 5.74. The molecule has 0 spiro atoms. The van der Waals surface area contributed by atoms with Crippen LogP contribution < -0.4 is 10.0 Å². The first-order valence-corrected chi connectivity index (χ1v) is 9.42. The molecule has 0 saturated carbocycles. The topological polar surface area (TPSA) is 75.3 Å². The Hall–Kier alpha value is -1.89. The molecule has 0 fully saturated rings. The third-order valence-electron chi connectivity index (χ3n) is 4.05. The van der Waals surface area contributed by atoms with Gasteiger partial charge in [0, 0.05) is 17.3 Å². The van der Waals surface area contributed by atoms with Gasteiger partial charge in [-0.1, -0.05) is 23.7 Å². The molecule has 7 heteroatoms. The Bertz CT molecular complexity index is 896. The minimum Gasteiger partial charge on any atom is -0.325 e. The highest BCUT2D eigenvalue weighted by atomic mass is 35.5. The smallest absolute Gasteiger partial charge is 0.240 e. The van der Waals surface area contributed by atoms with Crippen LogP contribution in [0.1, 0.15) is 24.0 Å². The number of halogens is 1. The molecule has 1 amide bonds. The first kappa shape index (κ1) is 17.0. The SMILES string of the molecule is C[C@H]1C(=O)Nc2ccc(S(=O)(=O)NCCc3cccc(Cl)c3)cc21. The zero-order valence-corrected chi connectivity index (χ0v) is 14.6. The van der Waals surface area contributed by atoms with Crippen LogP contribution in [-0.2, 0) is 21.2 Å². The van der Waals surface area contributed by atoms with Gasteiger partial charge in [-0.15, -0.1) is 0 Å².